The zero-order chi connectivity index (χ0) is 13.7. The van der Waals surface area contributed by atoms with Crippen LogP contribution in [0.2, 0.25) is 0 Å². The molecule has 0 saturated carbocycles. The lowest BCUT2D eigenvalue weighted by Gasteiger charge is -2.32. The van der Waals surface area contributed by atoms with Gasteiger partial charge in [0, 0.05) is 6.42 Å². The fraction of sp³-hybridized carbons (Fsp3) is 0.294. The van der Waals surface area contributed by atoms with Gasteiger partial charge in [0.15, 0.2) is 0 Å². The number of hydrogen-bond acceptors (Lipinski definition) is 2. The summed E-state index contributed by atoms with van der Waals surface area (Å²) in [6, 6.07) is 18.8. The number of likely N-dealkylation sites (N-methyl/N-ethyl adjacent to an activating group) is 1. The number of nitrogens with two attached hydrogens (primary N) is 1. The zero-order valence-electron chi connectivity index (χ0n) is 12.5. The third-order valence-corrected chi connectivity index (χ3v) is 3.65. The molecular weight excluding hydrogens is 303 g/mol. The highest BCUT2D eigenvalue weighted by atomic mass is 35.5. The van der Waals surface area contributed by atoms with E-state index in [2.05, 4.69) is 60.8 Å². The maximum atomic E-state index is 6.62. The lowest BCUT2D eigenvalue weighted by molar-refractivity contribution is 0.369. The molecule has 0 heterocycles. The van der Waals surface area contributed by atoms with Gasteiger partial charge in [-0.25, -0.2) is 0 Å². The minimum absolute atomic E-state index is 0. The first kappa shape index (κ1) is 19.9. The molecule has 2 rings (SSSR count). The van der Waals surface area contributed by atoms with E-state index in [1.807, 2.05) is 13.1 Å². The van der Waals surface area contributed by atoms with Crippen molar-refractivity contribution >= 4 is 24.8 Å². The molecule has 0 spiro atoms. The highest BCUT2D eigenvalue weighted by molar-refractivity contribution is 5.85. The molecule has 0 saturated heterocycles. The Kier molecular flexibility index (Phi) is 8.60. The maximum absolute atomic E-state index is 6.62. The quantitative estimate of drug-likeness (QED) is 0.823. The van der Waals surface area contributed by atoms with Gasteiger partial charge in [-0.1, -0.05) is 61.5 Å². The van der Waals surface area contributed by atoms with Crippen LogP contribution in [-0.2, 0) is 18.5 Å². The van der Waals surface area contributed by atoms with Gasteiger partial charge in [0.1, 0.15) is 0 Å². The molecule has 0 amide bonds. The van der Waals surface area contributed by atoms with Gasteiger partial charge in [-0.15, -0.1) is 24.8 Å². The Hall–Kier alpha value is -1.06. The average molecular weight is 327 g/mol. The summed E-state index contributed by atoms with van der Waals surface area (Å²) in [7, 11) is 1.93. The number of benzene rings is 2. The van der Waals surface area contributed by atoms with E-state index in [1.165, 1.54) is 16.7 Å². The highest BCUT2D eigenvalue weighted by Crippen LogP contribution is 2.24. The van der Waals surface area contributed by atoms with Crippen LogP contribution in [0.3, 0.4) is 0 Å². The molecule has 0 aliphatic carbocycles. The normalized spacial score (nSPS) is 12.7. The Labute approximate surface area is 140 Å². The first-order chi connectivity index (χ1) is 9.19. The molecule has 0 bridgehead atoms. The van der Waals surface area contributed by atoms with Crippen LogP contribution >= 0.6 is 24.8 Å². The Bertz CT molecular complexity index is 531. The molecule has 3 N–H and O–H groups in total. The lowest BCUT2D eigenvalue weighted by Crippen LogP contribution is -2.51. The third kappa shape index (κ3) is 4.72. The predicted octanol–water partition coefficient (Wildman–Crippen LogP) is 3.67. The van der Waals surface area contributed by atoms with Crippen LogP contribution in [0.4, 0.5) is 0 Å². The van der Waals surface area contributed by atoms with Crippen LogP contribution in [-0.4, -0.2) is 7.05 Å². The van der Waals surface area contributed by atoms with Crippen molar-refractivity contribution in [2.45, 2.75) is 25.4 Å². The Morgan fingerprint density at radius 2 is 1.52 bits per heavy atom. The molecule has 4 heteroatoms. The summed E-state index contributed by atoms with van der Waals surface area (Å²) in [6.45, 7) is 2.16. The number of hydrogen-bond donors (Lipinski definition) is 2. The van der Waals surface area contributed by atoms with E-state index in [-0.39, 0.29) is 24.8 Å². The van der Waals surface area contributed by atoms with E-state index in [0.29, 0.717) is 0 Å². The summed E-state index contributed by atoms with van der Waals surface area (Å²) in [5.41, 5.74) is 9.82. The van der Waals surface area contributed by atoms with Crippen LogP contribution in [0.25, 0.3) is 0 Å². The van der Waals surface area contributed by atoms with Crippen LogP contribution < -0.4 is 11.1 Å². The van der Waals surface area contributed by atoms with E-state index >= 15 is 0 Å². The molecule has 2 aromatic rings. The molecule has 0 aromatic heterocycles. The monoisotopic (exact) mass is 326 g/mol. The smallest absolute Gasteiger partial charge is 0.0966 e. The number of rotatable bonds is 5. The van der Waals surface area contributed by atoms with Crippen molar-refractivity contribution in [3.8, 4) is 0 Å². The summed E-state index contributed by atoms with van der Waals surface area (Å²) >= 11 is 0. The molecule has 0 aliphatic heterocycles. The zero-order valence-corrected chi connectivity index (χ0v) is 14.1. The van der Waals surface area contributed by atoms with Gasteiger partial charge in [0.05, 0.1) is 5.66 Å². The predicted molar refractivity (Wildman–Crippen MR) is 95.4 cm³/mol. The molecule has 1 unspecified atom stereocenters. The highest BCUT2D eigenvalue weighted by Gasteiger charge is 2.27. The van der Waals surface area contributed by atoms with Crippen molar-refractivity contribution in [3.63, 3.8) is 0 Å². The van der Waals surface area contributed by atoms with Crippen LogP contribution in [0.1, 0.15) is 23.6 Å². The van der Waals surface area contributed by atoms with Gasteiger partial charge in [-0.05, 0) is 30.2 Å². The fourth-order valence-corrected chi connectivity index (χ4v) is 2.50. The molecule has 0 fully saturated rings. The molecule has 1 atom stereocenters. The summed E-state index contributed by atoms with van der Waals surface area (Å²) in [5.74, 6) is 0. The molecular formula is C17H24Cl2N2. The summed E-state index contributed by atoms with van der Waals surface area (Å²) in [6.07, 6.45) is 1.77. The van der Waals surface area contributed by atoms with E-state index in [9.17, 15) is 0 Å². The number of nitrogens with one attached hydrogen (secondary N) is 1. The Morgan fingerprint density at radius 1 is 0.952 bits per heavy atom. The number of halogens is 2. The molecule has 116 valence electrons. The topological polar surface area (TPSA) is 38.0 Å². The van der Waals surface area contributed by atoms with Crippen molar-refractivity contribution in [1.29, 1.82) is 0 Å². The summed E-state index contributed by atoms with van der Waals surface area (Å²) in [5, 5.41) is 3.30. The van der Waals surface area contributed by atoms with Gasteiger partial charge in [0.2, 0.25) is 0 Å². The van der Waals surface area contributed by atoms with Gasteiger partial charge in [-0.2, -0.15) is 0 Å². The lowest BCUT2D eigenvalue weighted by atomic mass is 9.88. The average Bonchev–Trinajstić information content (AvgIpc) is 2.48. The van der Waals surface area contributed by atoms with Gasteiger partial charge < -0.3 is 5.73 Å². The molecule has 0 radical (unpaired) electrons. The summed E-state index contributed by atoms with van der Waals surface area (Å²) < 4.78 is 0. The first-order valence-corrected chi connectivity index (χ1v) is 6.79. The van der Waals surface area contributed by atoms with E-state index < -0.39 is 5.66 Å². The minimum Gasteiger partial charge on any atom is -0.309 e. The maximum Gasteiger partial charge on any atom is 0.0966 e. The number of aryl methyl sites for hydroxylation is 1. The van der Waals surface area contributed by atoms with Crippen molar-refractivity contribution < 1.29 is 0 Å². The third-order valence-electron chi connectivity index (χ3n) is 3.65. The van der Waals surface area contributed by atoms with Gasteiger partial charge >= 0.3 is 0 Å². The van der Waals surface area contributed by atoms with Gasteiger partial charge in [0.25, 0.3) is 0 Å². The molecule has 0 aliphatic rings. The largest absolute Gasteiger partial charge is 0.309 e. The SMILES string of the molecule is CCc1ccccc1C(N)(Cc1ccccc1)NC.Cl.Cl. The fourth-order valence-electron chi connectivity index (χ4n) is 2.50. The minimum atomic E-state index is -0.520. The van der Waals surface area contributed by atoms with E-state index in [1.54, 1.807) is 0 Å². The molecule has 2 nitrogen and oxygen atoms in total. The second-order valence-corrected chi connectivity index (χ2v) is 4.89. The van der Waals surface area contributed by atoms with E-state index in [0.717, 1.165) is 12.8 Å². The van der Waals surface area contributed by atoms with Crippen molar-refractivity contribution in [2.24, 2.45) is 5.73 Å². The summed E-state index contributed by atoms with van der Waals surface area (Å²) in [4.78, 5) is 0. The van der Waals surface area contributed by atoms with E-state index in [4.69, 9.17) is 5.73 Å². The standard InChI is InChI=1S/C17H22N2.2ClH/c1-3-15-11-7-8-12-16(15)17(18,19-2)13-14-9-5-4-6-10-14;;/h4-12,19H,3,13,18H2,1-2H3;2*1H. The molecule has 21 heavy (non-hydrogen) atoms. The molecule has 2 aromatic carbocycles. The van der Waals surface area contributed by atoms with Crippen LogP contribution in [0.5, 0.6) is 0 Å². The Balaban J connectivity index is 0.00000200. The van der Waals surface area contributed by atoms with Crippen molar-refractivity contribution in [2.75, 3.05) is 7.05 Å². The Morgan fingerprint density at radius 3 is 2.10 bits per heavy atom. The second-order valence-electron chi connectivity index (χ2n) is 4.89. The van der Waals surface area contributed by atoms with Crippen LogP contribution in [0, 0.1) is 0 Å². The van der Waals surface area contributed by atoms with Crippen LogP contribution in [0.15, 0.2) is 54.6 Å². The van der Waals surface area contributed by atoms with Crippen molar-refractivity contribution in [3.05, 3.63) is 71.3 Å². The first-order valence-electron chi connectivity index (χ1n) is 6.79. The van der Waals surface area contributed by atoms with Gasteiger partial charge in [-0.3, -0.25) is 5.32 Å². The van der Waals surface area contributed by atoms with Crippen molar-refractivity contribution in [1.82, 2.24) is 5.32 Å². The second kappa shape index (κ2) is 9.06.